The maximum atomic E-state index is 8.69. The normalized spacial score (nSPS) is 10.7. The molecule has 1 aromatic rings. The first-order chi connectivity index (χ1) is 6.86. The number of unbranched alkanes of at least 4 members (excludes halogenated alkanes) is 2. The van der Waals surface area contributed by atoms with Crippen LogP contribution >= 0.6 is 0 Å². The third-order valence-corrected chi connectivity index (χ3v) is 2.16. The van der Waals surface area contributed by atoms with Crippen molar-refractivity contribution in [3.05, 3.63) is 23.7 Å². The average molecular weight is 198 g/mol. The molecule has 0 bridgehead atoms. The van der Waals surface area contributed by atoms with Gasteiger partial charge in [0.25, 0.3) is 0 Å². The van der Waals surface area contributed by atoms with E-state index in [4.69, 9.17) is 14.6 Å². The van der Waals surface area contributed by atoms with Crippen LogP contribution < -0.4 is 0 Å². The van der Waals surface area contributed by atoms with Crippen LogP contribution in [-0.4, -0.2) is 23.4 Å². The van der Waals surface area contributed by atoms with E-state index in [-0.39, 0.29) is 13.2 Å². The summed E-state index contributed by atoms with van der Waals surface area (Å²) in [5.41, 5.74) is 0. The van der Waals surface area contributed by atoms with Gasteiger partial charge in [-0.3, -0.25) is 0 Å². The van der Waals surface area contributed by atoms with Crippen molar-refractivity contribution in [2.24, 2.45) is 0 Å². The van der Waals surface area contributed by atoms with E-state index in [0.29, 0.717) is 6.42 Å². The second-order valence-corrected chi connectivity index (χ2v) is 3.38. The van der Waals surface area contributed by atoms with Crippen LogP contribution in [0.1, 0.15) is 30.8 Å². The summed E-state index contributed by atoms with van der Waals surface area (Å²) < 4.78 is 5.48. The quantitative estimate of drug-likeness (QED) is 0.653. The lowest BCUT2D eigenvalue weighted by Gasteiger charge is -1.96. The maximum absolute atomic E-state index is 8.69. The van der Waals surface area contributed by atoms with E-state index in [1.165, 1.54) is 0 Å². The van der Waals surface area contributed by atoms with Gasteiger partial charge in [0.05, 0.1) is 6.61 Å². The topological polar surface area (TPSA) is 53.6 Å². The Morgan fingerprint density at radius 3 is 2.21 bits per heavy atom. The highest BCUT2D eigenvalue weighted by Crippen LogP contribution is 2.11. The molecule has 0 saturated heterocycles. The highest BCUT2D eigenvalue weighted by atomic mass is 16.3. The van der Waals surface area contributed by atoms with Crippen molar-refractivity contribution in [3.8, 4) is 0 Å². The first kappa shape index (κ1) is 11.3. The average Bonchev–Trinajstić information content (AvgIpc) is 2.61. The van der Waals surface area contributed by atoms with Crippen molar-refractivity contribution in [2.75, 3.05) is 13.2 Å². The van der Waals surface area contributed by atoms with Crippen LogP contribution in [0.25, 0.3) is 0 Å². The third-order valence-electron chi connectivity index (χ3n) is 2.16. The Bertz CT molecular complexity index is 242. The maximum Gasteiger partial charge on any atom is 0.106 e. The van der Waals surface area contributed by atoms with Gasteiger partial charge < -0.3 is 14.6 Å². The van der Waals surface area contributed by atoms with E-state index in [2.05, 4.69) is 0 Å². The van der Waals surface area contributed by atoms with Crippen LogP contribution in [-0.2, 0) is 12.8 Å². The molecule has 14 heavy (non-hydrogen) atoms. The fourth-order valence-electron chi connectivity index (χ4n) is 1.39. The minimum atomic E-state index is 0.136. The molecular weight excluding hydrogens is 180 g/mol. The third kappa shape index (κ3) is 3.94. The highest BCUT2D eigenvalue weighted by molar-refractivity contribution is 5.07. The zero-order valence-electron chi connectivity index (χ0n) is 8.41. The van der Waals surface area contributed by atoms with Crippen LogP contribution in [0.15, 0.2) is 16.5 Å². The van der Waals surface area contributed by atoms with Gasteiger partial charge in [-0.1, -0.05) is 6.42 Å². The molecule has 3 heteroatoms. The summed E-state index contributed by atoms with van der Waals surface area (Å²) >= 11 is 0. The summed E-state index contributed by atoms with van der Waals surface area (Å²) in [6.45, 7) is 0.408. The molecule has 0 fully saturated rings. The molecule has 1 rings (SSSR count). The fraction of sp³-hybridized carbons (Fsp3) is 0.636. The largest absolute Gasteiger partial charge is 0.466 e. The van der Waals surface area contributed by atoms with Gasteiger partial charge in [-0.25, -0.2) is 0 Å². The molecule has 2 N–H and O–H groups in total. The highest BCUT2D eigenvalue weighted by Gasteiger charge is 2.00. The van der Waals surface area contributed by atoms with E-state index in [9.17, 15) is 0 Å². The Kier molecular flexibility index (Phi) is 5.33. The summed E-state index contributed by atoms with van der Waals surface area (Å²) in [5.74, 6) is 1.83. The van der Waals surface area contributed by atoms with Crippen molar-refractivity contribution < 1.29 is 14.6 Å². The first-order valence-corrected chi connectivity index (χ1v) is 5.16. The Labute approximate surface area is 84.4 Å². The van der Waals surface area contributed by atoms with Crippen molar-refractivity contribution >= 4 is 0 Å². The molecular formula is C11H18O3. The van der Waals surface area contributed by atoms with Gasteiger partial charge >= 0.3 is 0 Å². The molecule has 0 aliphatic carbocycles. The summed E-state index contributed by atoms with van der Waals surface area (Å²) in [4.78, 5) is 0. The molecule has 1 heterocycles. The zero-order valence-corrected chi connectivity index (χ0v) is 8.41. The first-order valence-electron chi connectivity index (χ1n) is 5.16. The molecule has 1 aromatic heterocycles. The van der Waals surface area contributed by atoms with Gasteiger partial charge in [-0.15, -0.1) is 0 Å². The minimum Gasteiger partial charge on any atom is -0.466 e. The monoisotopic (exact) mass is 198 g/mol. The number of hydrogen-bond donors (Lipinski definition) is 2. The molecule has 0 aliphatic heterocycles. The number of aryl methyl sites for hydroxylation is 1. The number of furan rings is 1. The number of hydrogen-bond acceptors (Lipinski definition) is 3. The van der Waals surface area contributed by atoms with Crippen LogP contribution in [0.3, 0.4) is 0 Å². The van der Waals surface area contributed by atoms with E-state index < -0.39 is 0 Å². The van der Waals surface area contributed by atoms with Crippen LogP contribution in [0.4, 0.5) is 0 Å². The standard InChI is InChI=1S/C11H18O3/c12-8-3-1-2-4-10-5-6-11(14-10)7-9-13/h5-6,12-13H,1-4,7-9H2. The molecule has 3 nitrogen and oxygen atoms in total. The van der Waals surface area contributed by atoms with Gasteiger partial charge in [-0.2, -0.15) is 0 Å². The van der Waals surface area contributed by atoms with E-state index in [0.717, 1.165) is 37.2 Å². The fourth-order valence-corrected chi connectivity index (χ4v) is 1.39. The Hall–Kier alpha value is -0.800. The van der Waals surface area contributed by atoms with E-state index in [1.807, 2.05) is 12.1 Å². The van der Waals surface area contributed by atoms with Crippen LogP contribution in [0.5, 0.6) is 0 Å². The summed E-state index contributed by atoms with van der Waals surface area (Å²) in [5, 5.41) is 17.3. The number of rotatable bonds is 7. The number of aliphatic hydroxyl groups is 2. The van der Waals surface area contributed by atoms with Gasteiger partial charge in [-0.05, 0) is 25.0 Å². The van der Waals surface area contributed by atoms with Crippen molar-refractivity contribution in [1.82, 2.24) is 0 Å². The molecule has 0 spiro atoms. The molecule has 0 atom stereocenters. The van der Waals surface area contributed by atoms with Gasteiger partial charge in [0, 0.05) is 19.4 Å². The molecule has 0 amide bonds. The van der Waals surface area contributed by atoms with Crippen molar-refractivity contribution in [3.63, 3.8) is 0 Å². The second-order valence-electron chi connectivity index (χ2n) is 3.38. The summed E-state index contributed by atoms with van der Waals surface area (Å²) in [6, 6.07) is 3.88. The summed E-state index contributed by atoms with van der Waals surface area (Å²) in [6.07, 6.45) is 4.46. The van der Waals surface area contributed by atoms with Crippen molar-refractivity contribution in [1.29, 1.82) is 0 Å². The second kappa shape index (κ2) is 6.62. The molecule has 0 unspecified atom stereocenters. The van der Waals surface area contributed by atoms with E-state index in [1.54, 1.807) is 0 Å². The number of aliphatic hydroxyl groups excluding tert-OH is 2. The minimum absolute atomic E-state index is 0.136. The van der Waals surface area contributed by atoms with Crippen molar-refractivity contribution in [2.45, 2.75) is 32.1 Å². The predicted octanol–water partition coefficient (Wildman–Crippen LogP) is 1.52. The lowest BCUT2D eigenvalue weighted by molar-refractivity contribution is 0.280. The lowest BCUT2D eigenvalue weighted by atomic mass is 10.2. The molecule has 0 aliphatic rings. The van der Waals surface area contributed by atoms with Crippen LogP contribution in [0, 0.1) is 0 Å². The summed E-state index contributed by atoms with van der Waals surface area (Å²) in [7, 11) is 0. The Morgan fingerprint density at radius 2 is 1.57 bits per heavy atom. The molecule has 0 aromatic carbocycles. The van der Waals surface area contributed by atoms with Crippen LogP contribution in [0.2, 0.25) is 0 Å². The Balaban J connectivity index is 2.22. The Morgan fingerprint density at radius 1 is 0.857 bits per heavy atom. The van der Waals surface area contributed by atoms with Gasteiger partial charge in [0.15, 0.2) is 0 Å². The lowest BCUT2D eigenvalue weighted by Crippen LogP contribution is -1.88. The SMILES string of the molecule is OCCCCCc1ccc(CCO)o1. The molecule has 80 valence electrons. The zero-order chi connectivity index (χ0) is 10.2. The molecule has 0 radical (unpaired) electrons. The van der Waals surface area contributed by atoms with Gasteiger partial charge in [0.1, 0.15) is 11.5 Å². The van der Waals surface area contributed by atoms with E-state index >= 15 is 0 Å². The van der Waals surface area contributed by atoms with Gasteiger partial charge in [0.2, 0.25) is 0 Å². The smallest absolute Gasteiger partial charge is 0.106 e. The predicted molar refractivity (Wildman–Crippen MR) is 54.1 cm³/mol. The molecule has 0 saturated carbocycles.